The van der Waals surface area contributed by atoms with Gasteiger partial charge in [-0.1, -0.05) is 34.1 Å². The SMILES string of the molecule is CCCCC(NC)=C1C(=O)C(CC[C@@H](C)CO)C(C(=O)CCC(C)C)C1=O. The van der Waals surface area contributed by atoms with Crippen LogP contribution in [0.4, 0.5) is 0 Å². The van der Waals surface area contributed by atoms with E-state index in [9.17, 15) is 19.5 Å². The van der Waals surface area contributed by atoms with Crippen molar-refractivity contribution in [3.8, 4) is 0 Å². The zero-order valence-electron chi connectivity index (χ0n) is 17.6. The van der Waals surface area contributed by atoms with Gasteiger partial charge in [0, 0.05) is 31.7 Å². The van der Waals surface area contributed by atoms with Crippen LogP contribution < -0.4 is 5.32 Å². The molecule has 0 aromatic carbocycles. The minimum atomic E-state index is -0.845. The summed E-state index contributed by atoms with van der Waals surface area (Å²) in [6, 6.07) is 0. The Balaban J connectivity index is 3.17. The fourth-order valence-corrected chi connectivity index (χ4v) is 3.63. The molecule has 0 aromatic rings. The van der Waals surface area contributed by atoms with Crippen LogP contribution in [-0.4, -0.2) is 36.1 Å². The number of aliphatic hydroxyl groups excluding tert-OH is 1. The van der Waals surface area contributed by atoms with Gasteiger partial charge in [0.2, 0.25) is 0 Å². The average Bonchev–Trinajstić information content (AvgIpc) is 2.89. The van der Waals surface area contributed by atoms with Gasteiger partial charge in [-0.2, -0.15) is 0 Å². The normalized spacial score (nSPS) is 23.1. The summed E-state index contributed by atoms with van der Waals surface area (Å²) in [6.45, 7) is 8.11. The van der Waals surface area contributed by atoms with Gasteiger partial charge < -0.3 is 10.4 Å². The van der Waals surface area contributed by atoms with Crippen LogP contribution in [-0.2, 0) is 14.4 Å². The molecule has 2 unspecified atom stereocenters. The first-order valence-corrected chi connectivity index (χ1v) is 10.4. The first-order valence-electron chi connectivity index (χ1n) is 10.4. The molecule has 2 N–H and O–H groups in total. The van der Waals surface area contributed by atoms with Crippen molar-refractivity contribution in [2.45, 2.75) is 72.6 Å². The summed E-state index contributed by atoms with van der Waals surface area (Å²) in [7, 11) is 1.73. The number of ketones is 3. The van der Waals surface area contributed by atoms with Crippen LogP contribution in [0.25, 0.3) is 0 Å². The van der Waals surface area contributed by atoms with Crippen LogP contribution in [0.3, 0.4) is 0 Å². The summed E-state index contributed by atoms with van der Waals surface area (Å²) >= 11 is 0. The number of Topliss-reactive ketones (excluding diaryl/α,β-unsaturated/α-hetero) is 3. The lowest BCUT2D eigenvalue weighted by Gasteiger charge is -2.17. The summed E-state index contributed by atoms with van der Waals surface area (Å²) < 4.78 is 0. The number of hydrogen-bond acceptors (Lipinski definition) is 5. The number of allylic oxidation sites excluding steroid dienone is 2. The molecule has 3 atom stereocenters. The van der Waals surface area contributed by atoms with Crippen molar-refractivity contribution in [2.24, 2.45) is 23.7 Å². The van der Waals surface area contributed by atoms with Gasteiger partial charge in [-0.3, -0.25) is 14.4 Å². The Morgan fingerprint density at radius 2 is 1.78 bits per heavy atom. The second-order valence-electron chi connectivity index (χ2n) is 8.28. The molecular weight excluding hydrogens is 342 g/mol. The molecule has 0 amide bonds. The van der Waals surface area contributed by atoms with Crippen LogP contribution in [0.5, 0.6) is 0 Å². The minimum absolute atomic E-state index is 0.0434. The maximum atomic E-state index is 13.1. The lowest BCUT2D eigenvalue weighted by atomic mass is 9.83. The number of carbonyl (C=O) groups is 3. The third-order valence-electron chi connectivity index (χ3n) is 5.50. The first-order chi connectivity index (χ1) is 12.8. The Labute approximate surface area is 164 Å². The highest BCUT2D eigenvalue weighted by molar-refractivity contribution is 6.32. The Hall–Kier alpha value is -1.49. The van der Waals surface area contributed by atoms with Crippen LogP contribution in [0.15, 0.2) is 11.3 Å². The first kappa shape index (κ1) is 23.5. The highest BCUT2D eigenvalue weighted by Crippen LogP contribution is 2.37. The fraction of sp³-hybridized carbons (Fsp3) is 0.773. The Morgan fingerprint density at radius 3 is 2.30 bits per heavy atom. The third-order valence-corrected chi connectivity index (χ3v) is 5.50. The Morgan fingerprint density at radius 1 is 1.11 bits per heavy atom. The molecule has 27 heavy (non-hydrogen) atoms. The van der Waals surface area contributed by atoms with E-state index in [2.05, 4.69) is 12.2 Å². The molecule has 1 rings (SSSR count). The van der Waals surface area contributed by atoms with Crippen LogP contribution in [0.2, 0.25) is 0 Å². The number of unbranched alkanes of at least 4 members (excludes halogenated alkanes) is 1. The molecule has 1 aliphatic rings. The maximum absolute atomic E-state index is 13.1. The van der Waals surface area contributed by atoms with E-state index in [-0.39, 0.29) is 35.4 Å². The Bertz CT molecular complexity index is 565. The van der Waals surface area contributed by atoms with E-state index >= 15 is 0 Å². The molecule has 0 radical (unpaired) electrons. The smallest absolute Gasteiger partial charge is 0.179 e. The van der Waals surface area contributed by atoms with Crippen LogP contribution >= 0.6 is 0 Å². The van der Waals surface area contributed by atoms with Gasteiger partial charge in [0.25, 0.3) is 0 Å². The van der Waals surface area contributed by atoms with E-state index in [0.717, 1.165) is 19.3 Å². The van der Waals surface area contributed by atoms with Gasteiger partial charge in [0.15, 0.2) is 11.6 Å². The molecule has 1 fully saturated rings. The predicted molar refractivity (Wildman–Crippen MR) is 107 cm³/mol. The van der Waals surface area contributed by atoms with Crippen molar-refractivity contribution in [2.75, 3.05) is 13.7 Å². The number of carbonyl (C=O) groups excluding carboxylic acids is 3. The number of nitrogens with one attached hydrogen (secondary N) is 1. The average molecular weight is 380 g/mol. The molecule has 0 spiro atoms. The standard InChI is InChI=1S/C22H37NO4/c1-6-7-8-17(23-5)20-21(26)16(11-10-15(4)13-24)19(22(20)27)18(25)12-9-14(2)3/h14-16,19,23-24H,6-13H2,1-5H3/t15-,16?,19?/m1/s1. The van der Waals surface area contributed by atoms with E-state index in [1.54, 1.807) is 7.05 Å². The monoisotopic (exact) mass is 379 g/mol. The van der Waals surface area contributed by atoms with Gasteiger partial charge >= 0.3 is 0 Å². The van der Waals surface area contributed by atoms with Crippen molar-refractivity contribution in [3.05, 3.63) is 11.3 Å². The summed E-state index contributed by atoms with van der Waals surface area (Å²) in [4.78, 5) is 39.0. The van der Waals surface area contributed by atoms with Gasteiger partial charge in [0.05, 0.1) is 11.5 Å². The molecule has 0 saturated heterocycles. The van der Waals surface area contributed by atoms with Crippen molar-refractivity contribution in [1.29, 1.82) is 0 Å². The fourth-order valence-electron chi connectivity index (χ4n) is 3.63. The van der Waals surface area contributed by atoms with Crippen LogP contribution in [0.1, 0.15) is 72.6 Å². The van der Waals surface area contributed by atoms with Gasteiger partial charge in [-0.25, -0.2) is 0 Å². The molecule has 0 bridgehead atoms. The zero-order valence-corrected chi connectivity index (χ0v) is 17.6. The van der Waals surface area contributed by atoms with E-state index in [1.807, 2.05) is 20.8 Å². The Kier molecular flexibility index (Phi) is 9.92. The second kappa shape index (κ2) is 11.4. The predicted octanol–water partition coefficient (Wildman–Crippen LogP) is 3.45. The topological polar surface area (TPSA) is 83.5 Å². The van der Waals surface area contributed by atoms with Crippen molar-refractivity contribution in [1.82, 2.24) is 5.32 Å². The van der Waals surface area contributed by atoms with E-state index in [0.29, 0.717) is 37.3 Å². The number of aliphatic hydroxyl groups is 1. The van der Waals surface area contributed by atoms with Crippen molar-refractivity contribution >= 4 is 17.3 Å². The van der Waals surface area contributed by atoms with Gasteiger partial charge in [-0.15, -0.1) is 0 Å². The van der Waals surface area contributed by atoms with Crippen LogP contribution in [0, 0.1) is 23.7 Å². The number of hydrogen-bond donors (Lipinski definition) is 2. The van der Waals surface area contributed by atoms with Gasteiger partial charge in [-0.05, 0) is 43.9 Å². The lowest BCUT2D eigenvalue weighted by Crippen LogP contribution is -2.27. The molecular formula is C22H37NO4. The quantitative estimate of drug-likeness (QED) is 0.308. The zero-order chi connectivity index (χ0) is 20.6. The molecule has 1 saturated carbocycles. The molecule has 154 valence electrons. The largest absolute Gasteiger partial charge is 0.396 e. The maximum Gasteiger partial charge on any atom is 0.179 e. The van der Waals surface area contributed by atoms with E-state index in [1.165, 1.54) is 0 Å². The number of rotatable bonds is 12. The second-order valence-corrected chi connectivity index (χ2v) is 8.28. The molecule has 0 aromatic heterocycles. The molecule has 5 nitrogen and oxygen atoms in total. The third kappa shape index (κ3) is 6.27. The lowest BCUT2D eigenvalue weighted by molar-refractivity contribution is -0.133. The summed E-state index contributed by atoms with van der Waals surface area (Å²) in [5, 5.41) is 12.3. The molecule has 0 heterocycles. The van der Waals surface area contributed by atoms with E-state index in [4.69, 9.17) is 0 Å². The summed E-state index contributed by atoms with van der Waals surface area (Å²) in [5.41, 5.74) is 0.890. The molecule has 5 heteroatoms. The minimum Gasteiger partial charge on any atom is -0.396 e. The van der Waals surface area contributed by atoms with Crippen molar-refractivity contribution in [3.63, 3.8) is 0 Å². The van der Waals surface area contributed by atoms with Crippen molar-refractivity contribution < 1.29 is 19.5 Å². The molecule has 0 aliphatic heterocycles. The highest BCUT2D eigenvalue weighted by Gasteiger charge is 2.49. The summed E-state index contributed by atoms with van der Waals surface area (Å²) in [6.07, 6.45) is 4.67. The van der Waals surface area contributed by atoms with E-state index < -0.39 is 11.8 Å². The van der Waals surface area contributed by atoms with Gasteiger partial charge in [0.1, 0.15) is 5.78 Å². The summed E-state index contributed by atoms with van der Waals surface area (Å²) in [5.74, 6) is -1.58. The molecule has 1 aliphatic carbocycles. The highest BCUT2D eigenvalue weighted by atomic mass is 16.3.